The number of halogens is 3. The molecule has 0 aliphatic heterocycles. The number of fused-ring (bicyclic) bond motifs is 1. The van der Waals surface area contributed by atoms with Gasteiger partial charge in [-0.25, -0.2) is 5.57 Å². The Labute approximate surface area is 218 Å². The molecule has 0 nitrogen and oxygen atoms in total. The Morgan fingerprint density at radius 2 is 1.50 bits per heavy atom. The van der Waals surface area contributed by atoms with E-state index in [9.17, 15) is 0 Å². The van der Waals surface area contributed by atoms with Gasteiger partial charge < -0.3 is 24.8 Å². The maximum absolute atomic E-state index is 6.18. The summed E-state index contributed by atoms with van der Waals surface area (Å²) in [6, 6.07) is 18.8. The second-order valence-electron chi connectivity index (χ2n) is 7.98. The van der Waals surface area contributed by atoms with Crippen LogP contribution in [0, 0.1) is 18.4 Å². The zero-order valence-electron chi connectivity index (χ0n) is 18.3. The average molecular weight is 537 g/mol. The van der Waals surface area contributed by atoms with Crippen LogP contribution >= 0.6 is 11.6 Å². The molecule has 0 aromatic heterocycles. The molecule has 0 saturated carbocycles. The minimum Gasteiger partial charge on any atom is -1.00 e. The number of allylic oxidation sites excluding steroid dienone is 4. The molecule has 1 aliphatic rings. The third kappa shape index (κ3) is 6.40. The van der Waals surface area contributed by atoms with Gasteiger partial charge in [-0.1, -0.05) is 93.6 Å². The molecule has 0 radical (unpaired) electrons. The normalized spacial score (nSPS) is 14.0. The minimum atomic E-state index is 0. The fourth-order valence-electron chi connectivity index (χ4n) is 3.70. The molecule has 156 valence electrons. The molecule has 4 rings (SSSR count). The molecule has 0 fully saturated rings. The van der Waals surface area contributed by atoms with Gasteiger partial charge in [0.05, 0.1) is 0 Å². The van der Waals surface area contributed by atoms with Crippen LogP contribution in [0.4, 0.5) is 0 Å². The van der Waals surface area contributed by atoms with Crippen LogP contribution in [0.3, 0.4) is 0 Å². The van der Waals surface area contributed by atoms with Crippen molar-refractivity contribution in [1.29, 1.82) is 0 Å². The first-order valence-electron chi connectivity index (χ1n) is 9.41. The summed E-state index contributed by atoms with van der Waals surface area (Å²) in [5, 5.41) is 3.29. The van der Waals surface area contributed by atoms with E-state index in [0.29, 0.717) is 0 Å². The van der Waals surface area contributed by atoms with Crippen LogP contribution in [0.1, 0.15) is 40.2 Å². The van der Waals surface area contributed by atoms with E-state index in [1.807, 2.05) is 18.2 Å². The van der Waals surface area contributed by atoms with Crippen molar-refractivity contribution in [1.82, 2.24) is 0 Å². The van der Waals surface area contributed by atoms with E-state index in [0.717, 1.165) is 5.02 Å². The molecule has 4 heteroatoms. The molecule has 0 amide bonds. The van der Waals surface area contributed by atoms with Gasteiger partial charge >= 0.3 is 26.2 Å². The summed E-state index contributed by atoms with van der Waals surface area (Å²) in [7, 11) is 0. The van der Waals surface area contributed by atoms with Crippen molar-refractivity contribution in [2.24, 2.45) is 5.41 Å². The van der Waals surface area contributed by atoms with E-state index < -0.39 is 0 Å². The van der Waals surface area contributed by atoms with Crippen LogP contribution in [0.25, 0.3) is 21.9 Å². The third-order valence-electron chi connectivity index (χ3n) is 5.58. The van der Waals surface area contributed by atoms with E-state index in [4.69, 9.17) is 11.6 Å². The zero-order valence-corrected chi connectivity index (χ0v) is 23.1. The second-order valence-corrected chi connectivity index (χ2v) is 8.42. The van der Waals surface area contributed by atoms with Crippen molar-refractivity contribution < 1.29 is 51.0 Å². The number of benzene rings is 2. The minimum absolute atomic E-state index is 0. The molecule has 30 heavy (non-hydrogen) atoms. The summed E-state index contributed by atoms with van der Waals surface area (Å²) in [5.41, 5.74) is 8.09. The Kier molecular flexibility index (Phi) is 11.5. The first kappa shape index (κ1) is 29.3. The van der Waals surface area contributed by atoms with Crippen molar-refractivity contribution >= 4 is 22.4 Å². The Morgan fingerprint density at radius 1 is 0.900 bits per heavy atom. The van der Waals surface area contributed by atoms with Crippen LogP contribution < -0.4 is 24.8 Å². The zero-order chi connectivity index (χ0) is 19.8. The fourth-order valence-corrected chi connectivity index (χ4v) is 3.92. The van der Waals surface area contributed by atoms with E-state index in [2.05, 4.69) is 84.0 Å². The first-order chi connectivity index (χ1) is 12.7. The van der Waals surface area contributed by atoms with Gasteiger partial charge in [0, 0.05) is 0 Å². The Hall–Kier alpha value is -0.717. The maximum Gasteiger partial charge on any atom is 4.00 e. The number of hydrogen-bond donors (Lipinski definition) is 0. The van der Waals surface area contributed by atoms with E-state index >= 15 is 0 Å². The van der Waals surface area contributed by atoms with Crippen LogP contribution in [0.2, 0.25) is 5.02 Å². The summed E-state index contributed by atoms with van der Waals surface area (Å²) in [6.45, 7) is 13.0. The van der Waals surface area contributed by atoms with E-state index in [1.54, 1.807) is 0 Å². The van der Waals surface area contributed by atoms with Crippen molar-refractivity contribution in [3.05, 3.63) is 88.0 Å². The fraction of sp³-hybridized carbons (Fsp3) is 0.269. The summed E-state index contributed by atoms with van der Waals surface area (Å²) < 4.78 is 0. The molecule has 0 saturated heterocycles. The standard InChI is InChI=1S/C16H12Cl.C10H15.2ClH.Zr/c1-11-7-13-9-14(17)10-16(15(13)8-11)12-5-3-2-4-6-12;1-7-6-10(4,5)9(3)8(7)2;;;/h2-10H,1H3;1-5H3;2*1H;/q2*-1;;;+4/p-2. The number of rotatable bonds is 1. The Balaban J connectivity index is 0.000000569. The van der Waals surface area contributed by atoms with Crippen LogP contribution in [0.5, 0.6) is 0 Å². The van der Waals surface area contributed by atoms with E-state index in [-0.39, 0.29) is 56.4 Å². The van der Waals surface area contributed by atoms with Crippen molar-refractivity contribution in [3.8, 4) is 11.1 Å². The largest absolute Gasteiger partial charge is 4.00 e. The van der Waals surface area contributed by atoms with Crippen LogP contribution in [-0.4, -0.2) is 0 Å². The molecule has 1 aliphatic carbocycles. The molecule has 0 N–H and O–H groups in total. The van der Waals surface area contributed by atoms with Gasteiger partial charge in [0.1, 0.15) is 0 Å². The van der Waals surface area contributed by atoms with Gasteiger partial charge in [0.15, 0.2) is 0 Å². The molecule has 3 aromatic rings. The van der Waals surface area contributed by atoms with Crippen molar-refractivity contribution in [2.75, 3.05) is 0 Å². The monoisotopic (exact) mass is 534 g/mol. The van der Waals surface area contributed by atoms with Gasteiger partial charge in [-0.05, 0) is 10.6 Å². The third-order valence-corrected chi connectivity index (χ3v) is 5.80. The number of aryl methyl sites for hydroxylation is 1. The van der Waals surface area contributed by atoms with Crippen LogP contribution in [-0.2, 0) is 26.2 Å². The SMILES string of the molecule is CC1=[C-]C(C)(C)C(C)=C1C.Cc1cc2c(-c3ccccc3)cc(Cl)cc2[cH-]1.[Cl-].[Cl-].[Zr+4]. The van der Waals surface area contributed by atoms with Gasteiger partial charge in [-0.2, -0.15) is 17.2 Å². The predicted molar refractivity (Wildman–Crippen MR) is 119 cm³/mol. The molecule has 3 aromatic carbocycles. The quantitative estimate of drug-likeness (QED) is 0.419. The Bertz CT molecular complexity index is 1040. The van der Waals surface area contributed by atoms with Gasteiger partial charge in [-0.3, -0.25) is 6.08 Å². The smallest absolute Gasteiger partial charge is 1.00 e. The Morgan fingerprint density at radius 3 is 1.97 bits per heavy atom. The molecule has 0 unspecified atom stereocenters. The van der Waals surface area contributed by atoms with Crippen LogP contribution in [0.15, 0.2) is 71.3 Å². The van der Waals surface area contributed by atoms with E-state index in [1.165, 1.54) is 44.2 Å². The summed E-state index contributed by atoms with van der Waals surface area (Å²) in [4.78, 5) is 0. The molecule has 0 atom stereocenters. The molecule has 0 spiro atoms. The molecule has 0 heterocycles. The molecular formula is C26H27Cl3Zr. The van der Waals surface area contributed by atoms with Gasteiger partial charge in [0.2, 0.25) is 0 Å². The summed E-state index contributed by atoms with van der Waals surface area (Å²) >= 11 is 6.18. The predicted octanol–water partition coefficient (Wildman–Crippen LogP) is 2.31. The van der Waals surface area contributed by atoms with Crippen molar-refractivity contribution in [2.45, 2.75) is 41.5 Å². The molecular weight excluding hydrogens is 510 g/mol. The van der Waals surface area contributed by atoms with Gasteiger partial charge in [-0.15, -0.1) is 35.4 Å². The number of hydrogen-bond acceptors (Lipinski definition) is 0. The topological polar surface area (TPSA) is 0 Å². The first-order valence-corrected chi connectivity index (χ1v) is 9.79. The summed E-state index contributed by atoms with van der Waals surface area (Å²) in [5.74, 6) is 0. The second kappa shape index (κ2) is 11.8. The molecule has 0 bridgehead atoms. The maximum atomic E-state index is 6.18. The average Bonchev–Trinajstić information content (AvgIpc) is 3.07. The summed E-state index contributed by atoms with van der Waals surface area (Å²) in [6.07, 6.45) is 3.44. The van der Waals surface area contributed by atoms with Gasteiger partial charge in [0.25, 0.3) is 0 Å². The van der Waals surface area contributed by atoms with Crippen molar-refractivity contribution in [3.63, 3.8) is 0 Å².